The largest absolute Gasteiger partial charge is 0.505 e. The zero-order valence-electron chi connectivity index (χ0n) is 12.3. The summed E-state index contributed by atoms with van der Waals surface area (Å²) in [5.41, 5.74) is 1.86. The van der Waals surface area contributed by atoms with Crippen LogP contribution >= 0.6 is 0 Å². The van der Waals surface area contributed by atoms with Crippen molar-refractivity contribution in [3.05, 3.63) is 59.7 Å². The molecule has 2 aromatic carbocycles. The molecule has 0 unspecified atom stereocenters. The summed E-state index contributed by atoms with van der Waals surface area (Å²) >= 11 is 0. The van der Waals surface area contributed by atoms with Crippen LogP contribution in [0, 0.1) is 0 Å². The summed E-state index contributed by atoms with van der Waals surface area (Å²) in [6.07, 6.45) is 0. The van der Waals surface area contributed by atoms with Crippen molar-refractivity contribution >= 4 is 28.1 Å². The molecule has 0 saturated carbocycles. The van der Waals surface area contributed by atoms with Gasteiger partial charge in [0.15, 0.2) is 5.75 Å². The van der Waals surface area contributed by atoms with E-state index in [0.29, 0.717) is 22.2 Å². The first-order chi connectivity index (χ1) is 10.5. The zero-order chi connectivity index (χ0) is 15.4. The highest BCUT2D eigenvalue weighted by molar-refractivity contribution is 6.55. The van der Waals surface area contributed by atoms with Crippen molar-refractivity contribution in [2.24, 2.45) is 4.99 Å². The van der Waals surface area contributed by atoms with Crippen molar-refractivity contribution in [3.8, 4) is 5.75 Å². The lowest BCUT2D eigenvalue weighted by Crippen LogP contribution is -2.11. The van der Waals surface area contributed by atoms with Gasteiger partial charge in [-0.3, -0.25) is 4.79 Å². The Bertz CT molecular complexity index is 989. The third-order valence-electron chi connectivity index (χ3n) is 3.39. The number of ketones is 1. The quantitative estimate of drug-likeness (QED) is 0.708. The number of hydrogen-bond acceptors (Lipinski definition) is 3. The van der Waals surface area contributed by atoms with Crippen LogP contribution in [0.15, 0.2) is 53.5 Å². The summed E-state index contributed by atoms with van der Waals surface area (Å²) in [6, 6.07) is 9.96. The number of nitrogens with zero attached hydrogens (tertiary/aromatic N) is 1. The number of carbonyl (C=O) groups excluding carboxylic acids is 1. The number of aromatic nitrogens is 1. The van der Waals surface area contributed by atoms with E-state index in [9.17, 15) is 9.90 Å². The average molecular weight is 264 g/mol. The lowest BCUT2D eigenvalue weighted by molar-refractivity contribution is 0.107. The SMILES string of the molecule is [2H]c1ccc2c(c1)C(=O)C(c1[nH]c3ccc([2H])cc3c1O)=N2. The highest BCUT2D eigenvalue weighted by Crippen LogP contribution is 2.34. The van der Waals surface area contributed by atoms with Gasteiger partial charge >= 0.3 is 0 Å². The molecule has 0 amide bonds. The van der Waals surface area contributed by atoms with E-state index in [-0.39, 0.29) is 35.0 Å². The standard InChI is InChI=1S/C16H10N2O2/c19-15-9-5-1-3-7-11(9)17-13(15)14-16(20)10-6-2-4-8-12(10)18-14/h1-8,17,19H/i1D,2D. The molecule has 3 aromatic rings. The van der Waals surface area contributed by atoms with Gasteiger partial charge in [0.25, 0.3) is 0 Å². The van der Waals surface area contributed by atoms with Crippen LogP contribution in [-0.4, -0.2) is 21.6 Å². The normalized spacial score (nSPS) is 15.0. The fourth-order valence-electron chi connectivity index (χ4n) is 2.41. The van der Waals surface area contributed by atoms with Crippen LogP contribution in [-0.2, 0) is 0 Å². The molecule has 0 bridgehead atoms. The van der Waals surface area contributed by atoms with Gasteiger partial charge in [-0.2, -0.15) is 0 Å². The summed E-state index contributed by atoms with van der Waals surface area (Å²) < 4.78 is 15.2. The lowest BCUT2D eigenvalue weighted by Gasteiger charge is -1.96. The lowest BCUT2D eigenvalue weighted by atomic mass is 10.1. The maximum Gasteiger partial charge on any atom is 0.215 e. The number of rotatable bonds is 1. The van der Waals surface area contributed by atoms with E-state index >= 15 is 0 Å². The first kappa shape index (κ1) is 9.09. The molecule has 0 aliphatic carbocycles. The highest BCUT2D eigenvalue weighted by Gasteiger charge is 2.29. The number of benzene rings is 2. The molecule has 2 N–H and O–H groups in total. The first-order valence-corrected chi connectivity index (χ1v) is 6.10. The van der Waals surface area contributed by atoms with Crippen molar-refractivity contribution < 1.29 is 12.6 Å². The molecular formula is C16H10N2O2. The Kier molecular flexibility index (Phi) is 1.73. The zero-order valence-corrected chi connectivity index (χ0v) is 10.3. The molecule has 0 radical (unpaired) electrons. The average Bonchev–Trinajstić information content (AvgIpc) is 2.98. The topological polar surface area (TPSA) is 65.5 Å². The second kappa shape index (κ2) is 3.81. The molecule has 4 heteroatoms. The Labute approximate surface area is 117 Å². The molecule has 1 aliphatic heterocycles. The summed E-state index contributed by atoms with van der Waals surface area (Å²) in [7, 11) is 0. The van der Waals surface area contributed by atoms with Gasteiger partial charge in [0.1, 0.15) is 11.4 Å². The summed E-state index contributed by atoms with van der Waals surface area (Å²) in [5, 5.41) is 10.8. The van der Waals surface area contributed by atoms with Crippen LogP contribution in [0.3, 0.4) is 0 Å². The number of Topliss-reactive ketones (excluding diaryl/α,β-unsaturated/α-hetero) is 1. The molecular weight excluding hydrogens is 252 g/mol. The van der Waals surface area contributed by atoms with Crippen LogP contribution in [0.1, 0.15) is 18.8 Å². The molecule has 4 nitrogen and oxygen atoms in total. The maximum absolute atomic E-state index is 12.5. The molecule has 1 aromatic heterocycles. The van der Waals surface area contributed by atoms with E-state index in [2.05, 4.69) is 9.98 Å². The number of carbonyl (C=O) groups is 1. The number of aromatic hydroxyl groups is 1. The van der Waals surface area contributed by atoms with E-state index in [4.69, 9.17) is 2.74 Å². The van der Waals surface area contributed by atoms with Gasteiger partial charge in [-0.1, -0.05) is 24.2 Å². The minimum Gasteiger partial charge on any atom is -0.505 e. The van der Waals surface area contributed by atoms with Crippen molar-refractivity contribution in [2.45, 2.75) is 0 Å². The van der Waals surface area contributed by atoms with Crippen LogP contribution in [0.5, 0.6) is 5.75 Å². The van der Waals surface area contributed by atoms with Crippen LogP contribution < -0.4 is 0 Å². The summed E-state index contributed by atoms with van der Waals surface area (Å²) in [4.78, 5) is 19.7. The van der Waals surface area contributed by atoms with Gasteiger partial charge in [0.05, 0.1) is 8.43 Å². The summed E-state index contributed by atoms with van der Waals surface area (Å²) in [6.45, 7) is 0. The van der Waals surface area contributed by atoms with Gasteiger partial charge < -0.3 is 10.1 Å². The Morgan fingerprint density at radius 2 is 1.95 bits per heavy atom. The summed E-state index contributed by atoms with van der Waals surface area (Å²) in [5.74, 6) is -0.410. The van der Waals surface area contributed by atoms with Crippen molar-refractivity contribution in [3.63, 3.8) is 0 Å². The van der Waals surface area contributed by atoms with Gasteiger partial charge in [0, 0.05) is 16.5 Å². The molecule has 4 rings (SSSR count). The second-order valence-corrected chi connectivity index (χ2v) is 4.55. The third-order valence-corrected chi connectivity index (χ3v) is 3.39. The fourth-order valence-corrected chi connectivity index (χ4v) is 2.41. The predicted molar refractivity (Wildman–Crippen MR) is 76.9 cm³/mol. The predicted octanol–water partition coefficient (Wildman–Crippen LogP) is 3.19. The van der Waals surface area contributed by atoms with E-state index in [1.807, 2.05) is 0 Å². The van der Waals surface area contributed by atoms with E-state index in [0.717, 1.165) is 0 Å². The number of nitrogens with one attached hydrogen (secondary N) is 1. The van der Waals surface area contributed by atoms with Gasteiger partial charge in [-0.15, -0.1) is 0 Å². The maximum atomic E-state index is 12.5. The van der Waals surface area contributed by atoms with Gasteiger partial charge in [-0.25, -0.2) is 4.99 Å². The number of aliphatic imine (C=N–C) groups is 1. The Morgan fingerprint density at radius 3 is 2.85 bits per heavy atom. The second-order valence-electron chi connectivity index (χ2n) is 4.55. The number of aromatic amines is 1. The molecule has 0 spiro atoms. The number of hydrogen-bond donors (Lipinski definition) is 2. The fraction of sp³-hybridized carbons (Fsp3) is 0. The van der Waals surface area contributed by atoms with E-state index in [1.54, 1.807) is 24.3 Å². The van der Waals surface area contributed by atoms with Crippen molar-refractivity contribution in [1.29, 1.82) is 0 Å². The molecule has 0 fully saturated rings. The first-order valence-electron chi connectivity index (χ1n) is 7.10. The van der Waals surface area contributed by atoms with Crippen LogP contribution in [0.25, 0.3) is 10.9 Å². The van der Waals surface area contributed by atoms with Crippen LogP contribution in [0.4, 0.5) is 5.69 Å². The molecule has 20 heavy (non-hydrogen) atoms. The molecule has 0 saturated heterocycles. The molecule has 96 valence electrons. The molecule has 1 aliphatic rings. The van der Waals surface area contributed by atoms with Gasteiger partial charge in [0.2, 0.25) is 5.78 Å². The minimum atomic E-state index is -0.322. The van der Waals surface area contributed by atoms with Crippen LogP contribution in [0.2, 0.25) is 0 Å². The van der Waals surface area contributed by atoms with Gasteiger partial charge in [-0.05, 0) is 24.3 Å². The molecule has 2 heterocycles. The monoisotopic (exact) mass is 264 g/mol. The van der Waals surface area contributed by atoms with Crippen molar-refractivity contribution in [1.82, 2.24) is 4.98 Å². The minimum absolute atomic E-state index is 0.0879. The number of fused-ring (bicyclic) bond motifs is 2. The van der Waals surface area contributed by atoms with E-state index in [1.165, 1.54) is 12.1 Å². The Morgan fingerprint density at radius 1 is 1.15 bits per heavy atom. The van der Waals surface area contributed by atoms with E-state index < -0.39 is 0 Å². The third kappa shape index (κ3) is 1.36. The van der Waals surface area contributed by atoms with Crippen molar-refractivity contribution in [2.75, 3.05) is 0 Å². The smallest absolute Gasteiger partial charge is 0.215 e. The highest BCUT2D eigenvalue weighted by atomic mass is 16.3. The Hall–Kier alpha value is -2.88. The Balaban J connectivity index is 1.91. The number of H-pyrrole nitrogens is 1. The molecule has 0 atom stereocenters. The number of para-hydroxylation sites is 2.